The highest BCUT2D eigenvalue weighted by atomic mass is 19.4. The Balaban J connectivity index is 1.53. The van der Waals surface area contributed by atoms with E-state index in [0.29, 0.717) is 34.1 Å². The van der Waals surface area contributed by atoms with E-state index >= 15 is 0 Å². The molecule has 6 nitrogen and oxygen atoms in total. The zero-order chi connectivity index (χ0) is 23.4. The number of carbonyl (C=O) groups is 1. The summed E-state index contributed by atoms with van der Waals surface area (Å²) in [5.74, 6) is 0.200. The van der Waals surface area contributed by atoms with E-state index in [9.17, 15) is 18.0 Å². The molecule has 4 aromatic rings. The standard InChI is InChI=1S/C24H17F3N4O2/c1-15-12-18(31-22(32)16-4-2-5-17(13-16)24(25,26)27)7-8-21(15)33-23-19(6-3-10-29-23)20-9-11-28-14-30-20/h2-14H,1H3,(H,31,32). The normalized spacial score (nSPS) is 11.2. The van der Waals surface area contributed by atoms with Crippen molar-refractivity contribution in [3.05, 3.63) is 96.1 Å². The Kier molecular flexibility index (Phi) is 6.03. The van der Waals surface area contributed by atoms with E-state index in [4.69, 9.17) is 4.74 Å². The van der Waals surface area contributed by atoms with Crippen molar-refractivity contribution in [2.24, 2.45) is 0 Å². The van der Waals surface area contributed by atoms with E-state index in [-0.39, 0.29) is 5.56 Å². The van der Waals surface area contributed by atoms with Crippen molar-refractivity contribution in [3.8, 4) is 22.9 Å². The number of nitrogens with zero attached hydrogens (tertiary/aromatic N) is 3. The number of nitrogens with one attached hydrogen (secondary N) is 1. The molecule has 1 N–H and O–H groups in total. The summed E-state index contributed by atoms with van der Waals surface area (Å²) in [5.41, 5.74) is 1.46. The van der Waals surface area contributed by atoms with Crippen LogP contribution in [0.2, 0.25) is 0 Å². The molecule has 2 heterocycles. The smallest absolute Gasteiger partial charge is 0.416 e. The van der Waals surface area contributed by atoms with E-state index in [1.807, 2.05) is 6.07 Å². The largest absolute Gasteiger partial charge is 0.438 e. The molecule has 0 aliphatic carbocycles. The van der Waals surface area contributed by atoms with Crippen molar-refractivity contribution in [1.82, 2.24) is 15.0 Å². The number of pyridine rings is 1. The minimum Gasteiger partial charge on any atom is -0.438 e. The van der Waals surface area contributed by atoms with Crippen LogP contribution in [-0.4, -0.2) is 20.9 Å². The van der Waals surface area contributed by atoms with Crippen molar-refractivity contribution in [3.63, 3.8) is 0 Å². The molecule has 0 saturated carbocycles. The lowest BCUT2D eigenvalue weighted by Crippen LogP contribution is -2.14. The maximum Gasteiger partial charge on any atom is 0.416 e. The van der Waals surface area contributed by atoms with Crippen molar-refractivity contribution < 1.29 is 22.7 Å². The first kappa shape index (κ1) is 21.9. The first-order valence-corrected chi connectivity index (χ1v) is 9.80. The topological polar surface area (TPSA) is 77.0 Å². The fraction of sp³-hybridized carbons (Fsp3) is 0.0833. The summed E-state index contributed by atoms with van der Waals surface area (Å²) >= 11 is 0. The van der Waals surface area contributed by atoms with Gasteiger partial charge in [0, 0.05) is 23.6 Å². The predicted molar refractivity (Wildman–Crippen MR) is 116 cm³/mol. The van der Waals surface area contributed by atoms with E-state index in [0.717, 1.165) is 12.1 Å². The number of rotatable bonds is 5. The number of amides is 1. The molecule has 0 radical (unpaired) electrons. The van der Waals surface area contributed by atoms with Crippen LogP contribution in [0.15, 0.2) is 79.4 Å². The van der Waals surface area contributed by atoms with Gasteiger partial charge < -0.3 is 10.1 Å². The van der Waals surface area contributed by atoms with Crippen molar-refractivity contribution in [2.75, 3.05) is 5.32 Å². The molecule has 0 unspecified atom stereocenters. The van der Waals surface area contributed by atoms with Crippen molar-refractivity contribution in [2.45, 2.75) is 13.1 Å². The third-order valence-electron chi connectivity index (χ3n) is 4.72. The molecule has 0 aliphatic rings. The van der Waals surface area contributed by atoms with Crippen LogP contribution in [0.25, 0.3) is 11.3 Å². The number of aryl methyl sites for hydroxylation is 1. The van der Waals surface area contributed by atoms with E-state index in [2.05, 4.69) is 20.3 Å². The fourth-order valence-electron chi connectivity index (χ4n) is 3.10. The number of benzene rings is 2. The highest BCUT2D eigenvalue weighted by molar-refractivity contribution is 6.04. The molecule has 4 rings (SSSR count). The third-order valence-corrected chi connectivity index (χ3v) is 4.72. The SMILES string of the molecule is Cc1cc(NC(=O)c2cccc(C(F)(F)F)c2)ccc1Oc1ncccc1-c1ccncn1. The summed E-state index contributed by atoms with van der Waals surface area (Å²) in [4.78, 5) is 24.9. The second-order valence-corrected chi connectivity index (χ2v) is 7.07. The predicted octanol–water partition coefficient (Wildman–Crippen LogP) is 5.91. The highest BCUT2D eigenvalue weighted by Gasteiger charge is 2.30. The maximum atomic E-state index is 12.9. The van der Waals surface area contributed by atoms with Gasteiger partial charge in [-0.3, -0.25) is 4.79 Å². The number of aromatic nitrogens is 3. The second-order valence-electron chi connectivity index (χ2n) is 7.07. The van der Waals surface area contributed by atoms with Gasteiger partial charge in [-0.25, -0.2) is 15.0 Å². The minimum absolute atomic E-state index is 0.0919. The molecule has 0 atom stereocenters. The molecule has 0 bridgehead atoms. The third kappa shape index (κ3) is 5.15. The molecule has 0 fully saturated rings. The van der Waals surface area contributed by atoms with Gasteiger partial charge in [-0.1, -0.05) is 6.07 Å². The second kappa shape index (κ2) is 9.07. The Hall–Kier alpha value is -4.27. The highest BCUT2D eigenvalue weighted by Crippen LogP contribution is 2.33. The van der Waals surface area contributed by atoms with Gasteiger partial charge >= 0.3 is 6.18 Å². The number of hydrogen-bond acceptors (Lipinski definition) is 5. The molecular formula is C24H17F3N4O2. The number of alkyl halides is 3. The van der Waals surface area contributed by atoms with Crippen LogP contribution < -0.4 is 10.1 Å². The number of halogens is 3. The van der Waals surface area contributed by atoms with Gasteiger partial charge in [0.05, 0.1) is 16.8 Å². The first-order chi connectivity index (χ1) is 15.8. The molecule has 33 heavy (non-hydrogen) atoms. The summed E-state index contributed by atoms with van der Waals surface area (Å²) in [7, 11) is 0. The molecule has 9 heteroatoms. The number of ether oxygens (including phenoxy) is 1. The molecule has 0 saturated heterocycles. The van der Waals surface area contributed by atoms with Gasteiger partial charge in [0.2, 0.25) is 5.88 Å². The summed E-state index contributed by atoms with van der Waals surface area (Å²) in [6.45, 7) is 1.78. The average molecular weight is 450 g/mol. The van der Waals surface area contributed by atoms with Gasteiger partial charge in [0.1, 0.15) is 12.1 Å². The zero-order valence-corrected chi connectivity index (χ0v) is 17.3. The lowest BCUT2D eigenvalue weighted by atomic mass is 10.1. The molecule has 2 aromatic heterocycles. The molecule has 0 spiro atoms. The van der Waals surface area contributed by atoms with Crippen LogP contribution in [0.1, 0.15) is 21.5 Å². The first-order valence-electron chi connectivity index (χ1n) is 9.80. The Morgan fingerprint density at radius 2 is 1.82 bits per heavy atom. The average Bonchev–Trinajstić information content (AvgIpc) is 2.81. The Morgan fingerprint density at radius 3 is 2.55 bits per heavy atom. The number of anilines is 1. The van der Waals surface area contributed by atoms with Crippen LogP contribution >= 0.6 is 0 Å². The lowest BCUT2D eigenvalue weighted by molar-refractivity contribution is -0.137. The van der Waals surface area contributed by atoms with Crippen molar-refractivity contribution >= 4 is 11.6 Å². The maximum absolute atomic E-state index is 12.9. The van der Waals surface area contributed by atoms with E-state index in [1.54, 1.807) is 49.6 Å². The molecule has 166 valence electrons. The van der Waals surface area contributed by atoms with Crippen LogP contribution in [-0.2, 0) is 6.18 Å². The fourth-order valence-corrected chi connectivity index (χ4v) is 3.10. The van der Waals surface area contributed by atoms with Gasteiger partial charge in [-0.2, -0.15) is 13.2 Å². The van der Waals surface area contributed by atoms with Crippen LogP contribution in [0, 0.1) is 6.92 Å². The van der Waals surface area contributed by atoms with Gasteiger partial charge in [0.25, 0.3) is 5.91 Å². The Labute approximate surface area is 187 Å². The van der Waals surface area contributed by atoms with Gasteiger partial charge in [-0.15, -0.1) is 0 Å². The van der Waals surface area contributed by atoms with Crippen molar-refractivity contribution in [1.29, 1.82) is 0 Å². The number of hydrogen-bond donors (Lipinski definition) is 1. The summed E-state index contributed by atoms with van der Waals surface area (Å²) in [5, 5.41) is 2.61. The minimum atomic E-state index is -4.53. The quantitative estimate of drug-likeness (QED) is 0.409. The van der Waals surface area contributed by atoms with Crippen LogP contribution in [0.3, 0.4) is 0 Å². The molecule has 0 aliphatic heterocycles. The van der Waals surface area contributed by atoms with Crippen LogP contribution in [0.4, 0.5) is 18.9 Å². The summed E-state index contributed by atoms with van der Waals surface area (Å²) in [6, 6.07) is 14.5. The number of carbonyl (C=O) groups excluding carboxylic acids is 1. The Bertz CT molecular complexity index is 1290. The lowest BCUT2D eigenvalue weighted by Gasteiger charge is -2.13. The monoisotopic (exact) mass is 450 g/mol. The summed E-state index contributed by atoms with van der Waals surface area (Å²) in [6.07, 6.45) is 0.118. The van der Waals surface area contributed by atoms with E-state index < -0.39 is 17.6 Å². The molecular weight excluding hydrogens is 433 g/mol. The Morgan fingerprint density at radius 1 is 0.970 bits per heavy atom. The van der Waals surface area contributed by atoms with E-state index in [1.165, 1.54) is 18.5 Å². The van der Waals surface area contributed by atoms with Gasteiger partial charge in [0.15, 0.2) is 0 Å². The molecule has 2 aromatic carbocycles. The van der Waals surface area contributed by atoms with Gasteiger partial charge in [-0.05, 0) is 67.1 Å². The molecule has 1 amide bonds. The zero-order valence-electron chi connectivity index (χ0n) is 17.3. The summed E-state index contributed by atoms with van der Waals surface area (Å²) < 4.78 is 44.7. The van der Waals surface area contributed by atoms with Crippen LogP contribution in [0.5, 0.6) is 11.6 Å².